The fourth-order valence-corrected chi connectivity index (χ4v) is 4.75. The monoisotopic (exact) mass is 477 g/mol. The van der Waals surface area contributed by atoms with E-state index in [4.69, 9.17) is 4.74 Å². The van der Waals surface area contributed by atoms with Gasteiger partial charge in [0, 0.05) is 17.7 Å². The van der Waals surface area contributed by atoms with Crippen molar-refractivity contribution in [2.24, 2.45) is 17.3 Å². The van der Waals surface area contributed by atoms with Crippen molar-refractivity contribution in [1.29, 1.82) is 0 Å². The highest BCUT2D eigenvalue weighted by atomic mass is 32.1. The van der Waals surface area contributed by atoms with E-state index in [0.29, 0.717) is 6.42 Å². The number of ketones is 1. The van der Waals surface area contributed by atoms with Gasteiger partial charge in [-0.25, -0.2) is 4.98 Å². The van der Waals surface area contributed by atoms with Crippen LogP contribution in [0.2, 0.25) is 0 Å². The van der Waals surface area contributed by atoms with Crippen LogP contribution in [-0.4, -0.2) is 45.3 Å². The van der Waals surface area contributed by atoms with Gasteiger partial charge in [0.1, 0.15) is 11.9 Å². The molecule has 0 aromatic carbocycles. The van der Waals surface area contributed by atoms with Gasteiger partial charge in [-0.15, -0.1) is 11.3 Å². The molecular weight excluding hydrogens is 438 g/mol. The molecule has 7 heteroatoms. The van der Waals surface area contributed by atoms with Crippen LogP contribution in [0.5, 0.6) is 0 Å². The molecule has 6 nitrogen and oxygen atoms in total. The van der Waals surface area contributed by atoms with E-state index in [0.717, 1.165) is 35.5 Å². The zero-order chi connectivity index (χ0) is 24.8. The molecular formula is C26H39NO5S. The van der Waals surface area contributed by atoms with Crippen LogP contribution in [0.3, 0.4) is 0 Å². The van der Waals surface area contributed by atoms with E-state index < -0.39 is 35.6 Å². The van der Waals surface area contributed by atoms with Crippen LogP contribution in [0.25, 0.3) is 6.08 Å². The lowest BCUT2D eigenvalue weighted by molar-refractivity contribution is -0.154. The molecule has 0 saturated carbocycles. The molecule has 0 spiro atoms. The summed E-state index contributed by atoms with van der Waals surface area (Å²) >= 11 is 1.56. The van der Waals surface area contributed by atoms with Crippen LogP contribution in [0, 0.1) is 24.2 Å². The summed E-state index contributed by atoms with van der Waals surface area (Å²) in [5, 5.41) is 24.4. The molecule has 0 amide bonds. The van der Waals surface area contributed by atoms with Crippen molar-refractivity contribution in [2.75, 3.05) is 0 Å². The van der Waals surface area contributed by atoms with Gasteiger partial charge in [-0.2, -0.15) is 0 Å². The first kappa shape index (κ1) is 27.4. The normalized spacial score (nSPS) is 31.8. The molecule has 1 unspecified atom stereocenters. The second kappa shape index (κ2) is 12.0. The number of cyclic esters (lactones) is 1. The Bertz CT molecular complexity index is 872. The number of rotatable bonds is 2. The number of carbonyl (C=O) groups is 2. The fourth-order valence-electron chi connectivity index (χ4n) is 4.18. The number of carbonyl (C=O) groups excluding carboxylic acids is 2. The molecule has 0 bridgehead atoms. The number of aliphatic hydroxyl groups is 2. The second-order valence-corrected chi connectivity index (χ2v) is 10.9. The van der Waals surface area contributed by atoms with Crippen molar-refractivity contribution >= 4 is 29.2 Å². The van der Waals surface area contributed by atoms with Gasteiger partial charge in [-0.05, 0) is 50.7 Å². The Kier molecular flexibility index (Phi) is 10.0. The Morgan fingerprint density at radius 1 is 1.24 bits per heavy atom. The first-order valence-electron chi connectivity index (χ1n) is 11.8. The first-order valence-corrected chi connectivity index (χ1v) is 12.7. The van der Waals surface area contributed by atoms with Crippen molar-refractivity contribution in [2.45, 2.75) is 92.0 Å². The third-order valence-corrected chi connectivity index (χ3v) is 7.47. The largest absolute Gasteiger partial charge is 0.457 e. The third kappa shape index (κ3) is 7.59. The number of Topliss-reactive ketones (excluding diaryl/α,β-unsaturated/α-hetero) is 1. The Labute approximate surface area is 201 Å². The molecule has 0 radical (unpaired) electrons. The number of aromatic nitrogens is 1. The molecule has 1 aliphatic heterocycles. The van der Waals surface area contributed by atoms with Crippen LogP contribution in [0.4, 0.5) is 0 Å². The standard InChI is InChI=1S/C26H39NO5S/c1-16-11-9-7-8-10-12-21(17(2)13-20-15-33-19(4)27-20)32-23(29)14-22(28)26(5,6)25(31)18(3)24(16)30/h8,10,13,15-16,18,21-22,24,28,30H,7,9,11-12,14H2,1-6H3/b10-8+,17-13+/t16-,18+,21?,22-,24-/m0/s1. The summed E-state index contributed by atoms with van der Waals surface area (Å²) < 4.78 is 5.75. The van der Waals surface area contributed by atoms with Crippen molar-refractivity contribution in [3.05, 3.63) is 33.8 Å². The Morgan fingerprint density at radius 3 is 2.58 bits per heavy atom. The van der Waals surface area contributed by atoms with Gasteiger partial charge in [0.05, 0.1) is 34.7 Å². The molecule has 1 aromatic heterocycles. The lowest BCUT2D eigenvalue weighted by Crippen LogP contribution is -2.45. The van der Waals surface area contributed by atoms with Crippen LogP contribution >= 0.6 is 11.3 Å². The van der Waals surface area contributed by atoms with Crippen LogP contribution in [0.15, 0.2) is 23.1 Å². The van der Waals surface area contributed by atoms with E-state index in [1.165, 1.54) is 0 Å². The number of hydrogen-bond donors (Lipinski definition) is 2. The summed E-state index contributed by atoms with van der Waals surface area (Å²) in [6.07, 6.45) is 6.28. The summed E-state index contributed by atoms with van der Waals surface area (Å²) in [6.45, 7) is 10.8. The molecule has 0 aliphatic carbocycles. The van der Waals surface area contributed by atoms with Crippen LogP contribution in [0.1, 0.15) is 77.4 Å². The molecule has 2 N–H and O–H groups in total. The van der Waals surface area contributed by atoms with Gasteiger partial charge < -0.3 is 14.9 Å². The lowest BCUT2D eigenvalue weighted by atomic mass is 9.73. The number of hydrogen-bond acceptors (Lipinski definition) is 7. The Morgan fingerprint density at radius 2 is 1.94 bits per heavy atom. The topological polar surface area (TPSA) is 96.7 Å². The molecule has 2 rings (SSSR count). The van der Waals surface area contributed by atoms with E-state index in [-0.39, 0.29) is 18.1 Å². The highest BCUT2D eigenvalue weighted by molar-refractivity contribution is 7.09. The minimum absolute atomic E-state index is 0.0392. The summed E-state index contributed by atoms with van der Waals surface area (Å²) in [4.78, 5) is 30.3. The molecule has 0 fully saturated rings. The van der Waals surface area contributed by atoms with Crippen molar-refractivity contribution in [3.8, 4) is 0 Å². The SMILES string of the molecule is C/C(=C\c1csc(C)n1)C1C/C=C/CCC[C@H](C)[C@H](O)[C@@H](C)C(=O)C(C)(C)[C@@H](O)CC(=O)O1. The van der Waals surface area contributed by atoms with E-state index in [9.17, 15) is 19.8 Å². The number of thiazole rings is 1. The molecule has 2 heterocycles. The van der Waals surface area contributed by atoms with Crippen molar-refractivity contribution < 1.29 is 24.5 Å². The lowest BCUT2D eigenvalue weighted by Gasteiger charge is -2.34. The number of esters is 1. The van der Waals surface area contributed by atoms with Crippen LogP contribution < -0.4 is 0 Å². The van der Waals surface area contributed by atoms with Gasteiger partial charge in [0.15, 0.2) is 0 Å². The average Bonchev–Trinajstić information content (AvgIpc) is 3.16. The minimum atomic E-state index is -1.21. The molecule has 1 aliphatic rings. The summed E-state index contributed by atoms with van der Waals surface area (Å²) in [6, 6.07) is 0. The van der Waals surface area contributed by atoms with Gasteiger partial charge >= 0.3 is 5.97 Å². The maximum absolute atomic E-state index is 13.1. The van der Waals surface area contributed by atoms with Gasteiger partial charge in [0.2, 0.25) is 0 Å². The highest BCUT2D eigenvalue weighted by Crippen LogP contribution is 2.32. The predicted octanol–water partition coefficient (Wildman–Crippen LogP) is 4.88. The number of ether oxygens (including phenoxy) is 1. The van der Waals surface area contributed by atoms with Gasteiger partial charge in [0.25, 0.3) is 0 Å². The smallest absolute Gasteiger partial charge is 0.309 e. The maximum Gasteiger partial charge on any atom is 0.309 e. The molecule has 33 heavy (non-hydrogen) atoms. The molecule has 5 atom stereocenters. The maximum atomic E-state index is 13.1. The molecule has 184 valence electrons. The predicted molar refractivity (Wildman–Crippen MR) is 132 cm³/mol. The zero-order valence-corrected chi connectivity index (χ0v) is 21.5. The van der Waals surface area contributed by atoms with E-state index in [2.05, 4.69) is 11.1 Å². The summed E-state index contributed by atoms with van der Waals surface area (Å²) in [5.74, 6) is -1.48. The minimum Gasteiger partial charge on any atom is -0.457 e. The van der Waals surface area contributed by atoms with Gasteiger partial charge in [-0.3, -0.25) is 9.59 Å². The number of nitrogens with zero attached hydrogens (tertiary/aromatic N) is 1. The van der Waals surface area contributed by atoms with Crippen LogP contribution in [-0.2, 0) is 14.3 Å². The Balaban J connectivity index is 2.27. The van der Waals surface area contributed by atoms with Crippen molar-refractivity contribution in [3.63, 3.8) is 0 Å². The Hall–Kier alpha value is -1.83. The van der Waals surface area contributed by atoms with E-state index in [1.54, 1.807) is 32.1 Å². The number of aliphatic hydroxyl groups excluding tert-OH is 2. The first-order chi connectivity index (χ1) is 15.4. The average molecular weight is 478 g/mol. The second-order valence-electron chi connectivity index (χ2n) is 9.86. The van der Waals surface area contributed by atoms with E-state index in [1.807, 2.05) is 38.3 Å². The van der Waals surface area contributed by atoms with Gasteiger partial charge in [-0.1, -0.05) is 39.8 Å². The van der Waals surface area contributed by atoms with Crippen molar-refractivity contribution in [1.82, 2.24) is 4.98 Å². The quantitative estimate of drug-likeness (QED) is 0.466. The number of allylic oxidation sites excluding steroid dienone is 1. The third-order valence-electron chi connectivity index (χ3n) is 6.68. The van der Waals surface area contributed by atoms with E-state index >= 15 is 0 Å². The highest BCUT2D eigenvalue weighted by Gasteiger charge is 2.42. The zero-order valence-electron chi connectivity index (χ0n) is 20.7. The molecule has 0 saturated heterocycles. The number of aryl methyl sites for hydroxylation is 1. The molecule has 1 aromatic rings. The fraction of sp³-hybridized carbons (Fsp3) is 0.654. The summed E-state index contributed by atoms with van der Waals surface area (Å²) in [5.41, 5.74) is 0.513. The summed E-state index contributed by atoms with van der Waals surface area (Å²) in [7, 11) is 0.